The second-order valence-electron chi connectivity index (χ2n) is 1.70. The molecule has 1 atom stereocenters. The number of unbranched alkanes of at least 4 members (excludes halogenated alkanes) is 1. The summed E-state index contributed by atoms with van der Waals surface area (Å²) >= 11 is 0. The van der Waals surface area contributed by atoms with Gasteiger partial charge in [-0.15, -0.1) is 0 Å². The molecule has 0 heterocycles. The molecule has 0 aliphatic rings. The van der Waals surface area contributed by atoms with Crippen LogP contribution < -0.4 is 0 Å². The van der Waals surface area contributed by atoms with Gasteiger partial charge in [0.2, 0.25) is 0 Å². The van der Waals surface area contributed by atoms with Crippen molar-refractivity contribution in [3.63, 3.8) is 0 Å². The Kier molecular flexibility index (Phi) is 4.98. The average Bonchev–Trinajstić information content (AvgIpc) is 1.66. The number of hydrogen-bond acceptors (Lipinski definition) is 1. The Morgan fingerprint density at radius 3 is 2.50 bits per heavy atom. The van der Waals surface area contributed by atoms with Crippen molar-refractivity contribution in [2.45, 2.75) is 19.3 Å². The zero-order valence-corrected chi connectivity index (χ0v) is 6.31. The van der Waals surface area contributed by atoms with E-state index in [9.17, 15) is 4.79 Å². The van der Waals surface area contributed by atoms with Gasteiger partial charge >= 0.3 is 5.97 Å². The van der Waals surface area contributed by atoms with Gasteiger partial charge in [-0.25, -0.2) is 0 Å². The molecule has 0 aliphatic heterocycles. The highest BCUT2D eigenvalue weighted by atomic mass is 31.0. The molecular weight excluding hydrogens is 123 g/mol. The van der Waals surface area contributed by atoms with Crippen molar-refractivity contribution in [1.82, 2.24) is 0 Å². The van der Waals surface area contributed by atoms with E-state index < -0.39 is 5.97 Å². The molecule has 2 nitrogen and oxygen atoms in total. The molecule has 0 spiro atoms. The zero-order valence-electron chi connectivity index (χ0n) is 4.89. The standard InChI is InChI=1S/C5H11O2P/c6-5(7)3-1-2-4-8/h1-4,8H2,(H,6,7)/p+1. The van der Waals surface area contributed by atoms with Crippen LogP contribution in [0.25, 0.3) is 0 Å². The Morgan fingerprint density at radius 1 is 1.50 bits per heavy atom. The highest BCUT2D eigenvalue weighted by Crippen LogP contribution is 1.97. The van der Waals surface area contributed by atoms with Crippen molar-refractivity contribution in [2.75, 3.05) is 6.16 Å². The summed E-state index contributed by atoms with van der Waals surface area (Å²) in [5.74, 6) is -0.679. The minimum atomic E-state index is -0.679. The second-order valence-corrected chi connectivity index (χ2v) is 2.41. The van der Waals surface area contributed by atoms with E-state index in [1.165, 1.54) is 0 Å². The largest absolute Gasteiger partial charge is 0.481 e. The molecule has 0 amide bonds. The topological polar surface area (TPSA) is 37.3 Å². The maximum Gasteiger partial charge on any atom is 0.303 e. The van der Waals surface area contributed by atoms with E-state index >= 15 is 0 Å². The van der Waals surface area contributed by atoms with Crippen LogP contribution in [0.2, 0.25) is 0 Å². The Morgan fingerprint density at radius 2 is 2.12 bits per heavy atom. The summed E-state index contributed by atoms with van der Waals surface area (Å²) in [5.41, 5.74) is 0. The molecule has 1 unspecified atom stereocenters. The van der Waals surface area contributed by atoms with E-state index in [0.717, 1.165) is 19.0 Å². The van der Waals surface area contributed by atoms with Gasteiger partial charge in [-0.2, -0.15) is 0 Å². The minimum absolute atomic E-state index is 0.332. The van der Waals surface area contributed by atoms with Crippen LogP contribution in [-0.4, -0.2) is 17.2 Å². The van der Waals surface area contributed by atoms with Crippen molar-refractivity contribution < 1.29 is 9.90 Å². The van der Waals surface area contributed by atoms with Gasteiger partial charge < -0.3 is 5.11 Å². The first-order valence-corrected chi connectivity index (χ1v) is 3.78. The first kappa shape index (κ1) is 7.90. The third kappa shape index (κ3) is 5.90. The number of carboxylic acid groups (broad SMARTS) is 1. The van der Waals surface area contributed by atoms with E-state index in [1.807, 2.05) is 9.24 Å². The van der Waals surface area contributed by atoms with Gasteiger partial charge in [0.1, 0.15) is 0 Å². The van der Waals surface area contributed by atoms with Crippen molar-refractivity contribution in [3.8, 4) is 0 Å². The number of carbonyl (C=O) groups is 1. The molecule has 0 aromatic rings. The first-order valence-electron chi connectivity index (χ1n) is 2.78. The molecule has 0 radical (unpaired) electrons. The summed E-state index contributed by atoms with van der Waals surface area (Å²) in [6.45, 7) is 0. The second kappa shape index (κ2) is 5.04. The van der Waals surface area contributed by atoms with Crippen LogP contribution in [0.4, 0.5) is 0 Å². The monoisotopic (exact) mass is 135 g/mol. The highest BCUT2D eigenvalue weighted by Gasteiger charge is 1.93. The van der Waals surface area contributed by atoms with Gasteiger partial charge in [-0.3, -0.25) is 4.79 Å². The number of aliphatic carboxylic acids is 1. The van der Waals surface area contributed by atoms with Crippen LogP contribution in [0.5, 0.6) is 0 Å². The smallest absolute Gasteiger partial charge is 0.303 e. The minimum Gasteiger partial charge on any atom is -0.481 e. The lowest BCUT2D eigenvalue weighted by molar-refractivity contribution is -0.137. The molecule has 1 N–H and O–H groups in total. The SMILES string of the molecule is O=C(O)CCCC[PH3+]. The van der Waals surface area contributed by atoms with Gasteiger partial charge in [0, 0.05) is 6.42 Å². The summed E-state index contributed by atoms with van der Waals surface area (Å²) in [6, 6.07) is 0. The number of rotatable bonds is 4. The molecular formula is C5H12O2P+. The Balaban J connectivity index is 2.82. The van der Waals surface area contributed by atoms with E-state index in [4.69, 9.17) is 5.11 Å². The fourth-order valence-corrected chi connectivity index (χ4v) is 0.807. The quantitative estimate of drug-likeness (QED) is 0.458. The summed E-state index contributed by atoms with van der Waals surface area (Å²) < 4.78 is 0. The lowest BCUT2D eigenvalue weighted by Crippen LogP contribution is -1.93. The molecule has 0 rings (SSSR count). The van der Waals surface area contributed by atoms with E-state index in [1.54, 1.807) is 0 Å². The van der Waals surface area contributed by atoms with E-state index in [2.05, 4.69) is 0 Å². The van der Waals surface area contributed by atoms with Crippen molar-refractivity contribution in [2.24, 2.45) is 0 Å². The lowest BCUT2D eigenvalue weighted by atomic mass is 10.3. The average molecular weight is 135 g/mol. The normalized spacial score (nSPS) is 9.50. The summed E-state index contributed by atoms with van der Waals surface area (Å²) in [4.78, 5) is 9.88. The first-order chi connectivity index (χ1) is 3.77. The van der Waals surface area contributed by atoms with E-state index in [0.29, 0.717) is 6.42 Å². The molecule has 3 heteroatoms. The van der Waals surface area contributed by atoms with Crippen molar-refractivity contribution in [3.05, 3.63) is 0 Å². The van der Waals surface area contributed by atoms with Crippen LogP contribution in [0.1, 0.15) is 19.3 Å². The van der Waals surface area contributed by atoms with Gasteiger partial charge in [0.15, 0.2) is 0 Å². The van der Waals surface area contributed by atoms with Crippen LogP contribution >= 0.6 is 9.24 Å². The summed E-state index contributed by atoms with van der Waals surface area (Å²) in [5, 5.41) is 8.14. The molecule has 0 saturated carbocycles. The van der Waals surface area contributed by atoms with Crippen LogP contribution in [-0.2, 0) is 4.79 Å². The van der Waals surface area contributed by atoms with Crippen molar-refractivity contribution >= 4 is 15.2 Å². The predicted octanol–water partition coefficient (Wildman–Crippen LogP) is 0.849. The zero-order chi connectivity index (χ0) is 6.41. The fourth-order valence-electron chi connectivity index (χ4n) is 0.453. The summed E-state index contributed by atoms with van der Waals surface area (Å²) in [7, 11) is 1.89. The number of carboxylic acids is 1. The van der Waals surface area contributed by atoms with Gasteiger partial charge in [-0.05, 0) is 22.1 Å². The van der Waals surface area contributed by atoms with Crippen LogP contribution in [0.3, 0.4) is 0 Å². The number of hydrogen-bond donors (Lipinski definition) is 1. The highest BCUT2D eigenvalue weighted by molar-refractivity contribution is 7.16. The van der Waals surface area contributed by atoms with Gasteiger partial charge in [0.25, 0.3) is 0 Å². The molecule has 48 valence electrons. The Labute approximate surface area is 51.5 Å². The van der Waals surface area contributed by atoms with Gasteiger partial charge in [0.05, 0.1) is 6.16 Å². The Bertz CT molecular complexity index is 72.8. The van der Waals surface area contributed by atoms with Crippen LogP contribution in [0.15, 0.2) is 0 Å². The maximum absolute atomic E-state index is 9.88. The third-order valence-electron chi connectivity index (χ3n) is 0.891. The molecule has 0 aliphatic carbocycles. The van der Waals surface area contributed by atoms with E-state index in [-0.39, 0.29) is 0 Å². The Hall–Kier alpha value is -0.100. The molecule has 0 bridgehead atoms. The molecule has 0 saturated heterocycles. The third-order valence-corrected chi connectivity index (χ3v) is 1.39. The summed E-state index contributed by atoms with van der Waals surface area (Å²) in [6.07, 6.45) is 3.33. The molecule has 8 heavy (non-hydrogen) atoms. The van der Waals surface area contributed by atoms with Crippen molar-refractivity contribution in [1.29, 1.82) is 0 Å². The maximum atomic E-state index is 9.88. The molecule has 0 fully saturated rings. The molecule has 0 aromatic heterocycles. The van der Waals surface area contributed by atoms with Crippen LogP contribution in [0, 0.1) is 0 Å². The fraction of sp³-hybridized carbons (Fsp3) is 0.800. The predicted molar refractivity (Wildman–Crippen MR) is 37.5 cm³/mol. The lowest BCUT2D eigenvalue weighted by Gasteiger charge is -1.87. The van der Waals surface area contributed by atoms with Gasteiger partial charge in [-0.1, -0.05) is 0 Å². The molecule has 0 aromatic carbocycles.